The van der Waals surface area contributed by atoms with Crippen LogP contribution in [0.5, 0.6) is 0 Å². The van der Waals surface area contributed by atoms with Gasteiger partial charge < -0.3 is 10.0 Å². The van der Waals surface area contributed by atoms with Crippen molar-refractivity contribution in [1.29, 1.82) is 0 Å². The predicted molar refractivity (Wildman–Crippen MR) is 72.6 cm³/mol. The molecule has 2 heterocycles. The minimum absolute atomic E-state index is 0.130. The molecule has 17 heavy (non-hydrogen) atoms. The van der Waals surface area contributed by atoms with Crippen LogP contribution >= 0.6 is 11.3 Å². The molecule has 3 nitrogen and oxygen atoms in total. The van der Waals surface area contributed by atoms with E-state index in [-0.39, 0.29) is 6.61 Å². The van der Waals surface area contributed by atoms with Gasteiger partial charge >= 0.3 is 0 Å². The monoisotopic (exact) mass is 254 g/mol. The molecule has 96 valence electrons. The lowest BCUT2D eigenvalue weighted by Gasteiger charge is -2.19. The number of hydrogen-bond acceptors (Lipinski definition) is 4. The van der Waals surface area contributed by atoms with Crippen LogP contribution in [0, 0.1) is 5.92 Å². The molecule has 0 radical (unpaired) electrons. The Hall–Kier alpha value is -0.610. The maximum absolute atomic E-state index is 9.37. The summed E-state index contributed by atoms with van der Waals surface area (Å²) in [5, 5.41) is 10.5. The van der Waals surface area contributed by atoms with Crippen LogP contribution in [0.15, 0.2) is 0 Å². The maximum Gasteiger partial charge on any atom is 0.186 e. The minimum Gasteiger partial charge on any atom is -0.391 e. The van der Waals surface area contributed by atoms with Crippen molar-refractivity contribution >= 4 is 16.5 Å². The quantitative estimate of drug-likeness (QED) is 0.897. The molecule has 0 bridgehead atoms. The molecule has 1 aromatic heterocycles. The molecule has 0 aliphatic carbocycles. The normalized spacial score (nSPS) is 24.6. The summed E-state index contributed by atoms with van der Waals surface area (Å²) in [7, 11) is 0. The molecule has 2 unspecified atom stereocenters. The van der Waals surface area contributed by atoms with E-state index in [9.17, 15) is 5.11 Å². The van der Waals surface area contributed by atoms with Gasteiger partial charge in [0, 0.05) is 12.6 Å². The van der Waals surface area contributed by atoms with Crippen molar-refractivity contribution in [3.05, 3.63) is 10.6 Å². The Kier molecular flexibility index (Phi) is 4.05. The van der Waals surface area contributed by atoms with Gasteiger partial charge in [0.2, 0.25) is 0 Å². The average Bonchev–Trinajstić information content (AvgIpc) is 2.82. The van der Waals surface area contributed by atoms with Crippen LogP contribution < -0.4 is 4.90 Å². The fraction of sp³-hybridized carbons (Fsp3) is 0.769. The lowest BCUT2D eigenvalue weighted by Crippen LogP contribution is -2.26. The third-order valence-electron chi connectivity index (χ3n) is 3.43. The topological polar surface area (TPSA) is 36.4 Å². The molecule has 1 fully saturated rings. The van der Waals surface area contributed by atoms with E-state index in [1.165, 1.54) is 6.42 Å². The summed E-state index contributed by atoms with van der Waals surface area (Å²) in [6, 6.07) is 0.581. The Balaban J connectivity index is 2.21. The minimum atomic E-state index is 0.130. The molecule has 1 aromatic rings. The smallest absolute Gasteiger partial charge is 0.186 e. The third kappa shape index (κ3) is 2.63. The van der Waals surface area contributed by atoms with Gasteiger partial charge in [-0.25, -0.2) is 4.98 Å². The largest absolute Gasteiger partial charge is 0.391 e. The first-order valence-electron chi connectivity index (χ1n) is 6.51. The Morgan fingerprint density at radius 2 is 2.24 bits per heavy atom. The summed E-state index contributed by atoms with van der Waals surface area (Å²) in [4.78, 5) is 8.17. The zero-order chi connectivity index (χ0) is 12.4. The van der Waals surface area contributed by atoms with Gasteiger partial charge in [0.05, 0.1) is 17.2 Å². The number of hydrogen-bond donors (Lipinski definition) is 1. The van der Waals surface area contributed by atoms with E-state index < -0.39 is 0 Å². The van der Waals surface area contributed by atoms with Gasteiger partial charge in [0.15, 0.2) is 5.13 Å². The Bertz CT molecular complexity index is 377. The van der Waals surface area contributed by atoms with Crippen LogP contribution in [-0.2, 0) is 13.0 Å². The van der Waals surface area contributed by atoms with Crippen LogP contribution in [0.3, 0.4) is 0 Å². The molecule has 2 rings (SSSR count). The van der Waals surface area contributed by atoms with Gasteiger partial charge in [-0.3, -0.25) is 0 Å². The van der Waals surface area contributed by atoms with E-state index in [0.29, 0.717) is 6.04 Å². The van der Waals surface area contributed by atoms with Crippen LogP contribution in [0.1, 0.15) is 44.2 Å². The van der Waals surface area contributed by atoms with E-state index in [1.807, 2.05) is 0 Å². The molecule has 1 saturated heterocycles. The first-order chi connectivity index (χ1) is 8.15. The van der Waals surface area contributed by atoms with Crippen LogP contribution in [0.4, 0.5) is 5.13 Å². The summed E-state index contributed by atoms with van der Waals surface area (Å²) in [5.41, 5.74) is 1.10. The first kappa shape index (κ1) is 12.8. The molecule has 0 amide bonds. The molecule has 2 atom stereocenters. The molecule has 0 aromatic carbocycles. The highest BCUT2D eigenvalue weighted by atomic mass is 32.1. The summed E-state index contributed by atoms with van der Waals surface area (Å²) in [6.45, 7) is 7.95. The molecule has 1 aliphatic rings. The summed E-state index contributed by atoms with van der Waals surface area (Å²) in [5.74, 6) is 0.751. The lowest BCUT2D eigenvalue weighted by atomic mass is 10.1. The van der Waals surface area contributed by atoms with Gasteiger partial charge in [-0.2, -0.15) is 0 Å². The maximum atomic E-state index is 9.37. The molecule has 0 spiro atoms. The van der Waals surface area contributed by atoms with E-state index in [2.05, 4.69) is 25.7 Å². The number of thiazole rings is 1. The fourth-order valence-corrected chi connectivity index (χ4v) is 3.69. The van der Waals surface area contributed by atoms with E-state index in [1.54, 1.807) is 11.3 Å². The molecule has 1 aliphatic heterocycles. The molecule has 0 saturated carbocycles. The number of aromatic nitrogens is 1. The summed E-state index contributed by atoms with van der Waals surface area (Å²) >= 11 is 1.67. The van der Waals surface area contributed by atoms with Crippen LogP contribution in [0.2, 0.25) is 0 Å². The number of aryl methyl sites for hydroxylation is 1. The van der Waals surface area contributed by atoms with Crippen molar-refractivity contribution < 1.29 is 5.11 Å². The lowest BCUT2D eigenvalue weighted by molar-refractivity contribution is 0.284. The van der Waals surface area contributed by atoms with Gasteiger partial charge in [-0.15, -0.1) is 0 Å². The molecule has 1 N–H and O–H groups in total. The van der Waals surface area contributed by atoms with Gasteiger partial charge in [0.25, 0.3) is 0 Å². The zero-order valence-corrected chi connectivity index (χ0v) is 11.8. The third-order valence-corrected chi connectivity index (χ3v) is 4.55. The molecule has 4 heteroatoms. The summed E-state index contributed by atoms with van der Waals surface area (Å²) < 4.78 is 0. The predicted octanol–water partition coefficient (Wildman–Crippen LogP) is 2.82. The van der Waals surface area contributed by atoms with Gasteiger partial charge in [0.1, 0.15) is 0 Å². The number of rotatable bonds is 4. The highest BCUT2D eigenvalue weighted by Crippen LogP contribution is 2.33. The average molecular weight is 254 g/mol. The van der Waals surface area contributed by atoms with Crippen molar-refractivity contribution in [1.82, 2.24) is 4.98 Å². The van der Waals surface area contributed by atoms with Crippen LogP contribution in [-0.4, -0.2) is 22.7 Å². The number of nitrogens with zero attached hydrogens (tertiary/aromatic N) is 2. The van der Waals surface area contributed by atoms with Crippen molar-refractivity contribution in [2.75, 3.05) is 11.4 Å². The second-order valence-electron chi connectivity index (χ2n) is 5.12. The zero-order valence-electron chi connectivity index (χ0n) is 10.9. The highest BCUT2D eigenvalue weighted by molar-refractivity contribution is 7.15. The Labute approximate surface area is 107 Å². The van der Waals surface area contributed by atoms with Crippen molar-refractivity contribution in [3.8, 4) is 0 Å². The number of aliphatic hydroxyl groups is 1. The highest BCUT2D eigenvalue weighted by Gasteiger charge is 2.28. The van der Waals surface area contributed by atoms with E-state index in [0.717, 1.165) is 41.0 Å². The van der Waals surface area contributed by atoms with Gasteiger partial charge in [-0.1, -0.05) is 31.6 Å². The SMILES string of the molecule is CCCc1nc(N2CC(C)CC2C)sc1CO. The fourth-order valence-electron chi connectivity index (χ4n) is 2.61. The summed E-state index contributed by atoms with van der Waals surface area (Å²) in [6.07, 6.45) is 3.31. The standard InChI is InChI=1S/C13H22N2OS/c1-4-5-11-12(8-16)17-13(14-11)15-7-9(2)6-10(15)3/h9-10,16H,4-8H2,1-3H3. The molecular weight excluding hydrogens is 232 g/mol. The van der Waals surface area contributed by atoms with Crippen molar-refractivity contribution in [3.63, 3.8) is 0 Å². The number of aliphatic hydroxyl groups excluding tert-OH is 1. The van der Waals surface area contributed by atoms with Crippen molar-refractivity contribution in [2.45, 2.75) is 52.7 Å². The van der Waals surface area contributed by atoms with Crippen LogP contribution in [0.25, 0.3) is 0 Å². The molecular formula is C13H22N2OS. The number of anilines is 1. The van der Waals surface area contributed by atoms with E-state index in [4.69, 9.17) is 4.98 Å². The first-order valence-corrected chi connectivity index (χ1v) is 7.33. The van der Waals surface area contributed by atoms with Crippen molar-refractivity contribution in [2.24, 2.45) is 5.92 Å². The van der Waals surface area contributed by atoms with E-state index >= 15 is 0 Å². The Morgan fingerprint density at radius 1 is 1.47 bits per heavy atom. The van der Waals surface area contributed by atoms with Gasteiger partial charge in [-0.05, 0) is 25.7 Å². The second kappa shape index (κ2) is 5.36. The second-order valence-corrected chi connectivity index (χ2v) is 6.18. The Morgan fingerprint density at radius 3 is 2.76 bits per heavy atom.